The number of rotatable bonds is 5. The van der Waals surface area contributed by atoms with Crippen LogP contribution in [-0.2, 0) is 16.1 Å². The number of hydrogen-bond acceptors (Lipinski definition) is 5. The molecule has 1 N–H and O–H groups in total. The molecular formula is C16H12ClN3O3S2. The predicted molar refractivity (Wildman–Crippen MR) is 100 cm³/mol. The summed E-state index contributed by atoms with van der Waals surface area (Å²) in [5.41, 5.74) is 1.66. The highest BCUT2D eigenvalue weighted by Crippen LogP contribution is 2.32. The van der Waals surface area contributed by atoms with Gasteiger partial charge in [-0.2, -0.15) is 5.10 Å². The molecule has 0 saturated carbocycles. The lowest BCUT2D eigenvalue weighted by Crippen LogP contribution is -2.33. The van der Waals surface area contributed by atoms with Gasteiger partial charge in [-0.05, 0) is 17.7 Å². The Labute approximate surface area is 158 Å². The second-order valence-electron chi connectivity index (χ2n) is 5.22. The fourth-order valence-electron chi connectivity index (χ4n) is 2.26. The van der Waals surface area contributed by atoms with Gasteiger partial charge in [-0.15, -0.1) is 0 Å². The lowest BCUT2D eigenvalue weighted by Gasteiger charge is -2.09. The molecule has 0 spiro atoms. The monoisotopic (exact) mass is 393 g/mol. The zero-order valence-electron chi connectivity index (χ0n) is 12.8. The summed E-state index contributed by atoms with van der Waals surface area (Å²) in [4.78, 5) is 24.5. The topological polar surface area (TPSA) is 75.4 Å². The van der Waals surface area contributed by atoms with E-state index in [0.29, 0.717) is 16.5 Å². The smallest absolute Gasteiger partial charge is 0.323 e. The molecule has 1 aliphatic heterocycles. The van der Waals surface area contributed by atoms with Gasteiger partial charge in [0.1, 0.15) is 10.9 Å². The first kappa shape index (κ1) is 17.7. The molecule has 0 aliphatic carbocycles. The third-order valence-electron chi connectivity index (χ3n) is 3.41. The van der Waals surface area contributed by atoms with Crippen LogP contribution in [0.5, 0.6) is 0 Å². The van der Waals surface area contributed by atoms with E-state index in [4.69, 9.17) is 28.9 Å². The Morgan fingerprint density at radius 2 is 2.16 bits per heavy atom. The van der Waals surface area contributed by atoms with Gasteiger partial charge in [0.15, 0.2) is 0 Å². The minimum Gasteiger partial charge on any atom is -0.480 e. The maximum absolute atomic E-state index is 12.2. The number of carbonyl (C=O) groups excluding carboxylic acids is 1. The van der Waals surface area contributed by atoms with Crippen molar-refractivity contribution in [2.24, 2.45) is 0 Å². The fraction of sp³-hybridized carbons (Fsp3) is 0.125. The highest BCUT2D eigenvalue weighted by Gasteiger charge is 2.33. The molecule has 2 heterocycles. The number of amides is 1. The number of thiocarbonyl (C=S) groups is 1. The van der Waals surface area contributed by atoms with Gasteiger partial charge in [-0.25, -0.2) is 0 Å². The molecule has 0 unspecified atom stereocenters. The van der Waals surface area contributed by atoms with Crippen molar-refractivity contribution in [2.75, 3.05) is 6.54 Å². The summed E-state index contributed by atoms with van der Waals surface area (Å²) in [6, 6.07) is 7.49. The van der Waals surface area contributed by atoms with Gasteiger partial charge in [0.2, 0.25) is 0 Å². The number of carboxylic acid groups (broad SMARTS) is 1. The molecule has 1 saturated heterocycles. The van der Waals surface area contributed by atoms with Crippen LogP contribution in [-0.4, -0.2) is 42.5 Å². The van der Waals surface area contributed by atoms with Crippen LogP contribution in [0.15, 0.2) is 41.6 Å². The number of hydrogen-bond donors (Lipinski definition) is 1. The summed E-state index contributed by atoms with van der Waals surface area (Å²) in [5.74, 6) is -1.51. The lowest BCUT2D eigenvalue weighted by atomic mass is 10.2. The predicted octanol–water partition coefficient (Wildman–Crippen LogP) is 2.87. The van der Waals surface area contributed by atoms with E-state index in [2.05, 4.69) is 5.10 Å². The minimum atomic E-state index is -1.11. The normalized spacial score (nSPS) is 16.0. The van der Waals surface area contributed by atoms with Gasteiger partial charge < -0.3 is 5.11 Å². The Morgan fingerprint density at radius 3 is 2.88 bits per heavy atom. The van der Waals surface area contributed by atoms with E-state index >= 15 is 0 Å². The largest absolute Gasteiger partial charge is 0.480 e. The molecule has 0 atom stereocenters. The number of benzene rings is 1. The zero-order valence-corrected chi connectivity index (χ0v) is 15.1. The summed E-state index contributed by atoms with van der Waals surface area (Å²) in [6.07, 6.45) is 5.06. The van der Waals surface area contributed by atoms with E-state index in [1.807, 2.05) is 24.3 Å². The zero-order chi connectivity index (χ0) is 18.0. The molecule has 25 heavy (non-hydrogen) atoms. The van der Waals surface area contributed by atoms with Gasteiger partial charge in [0.05, 0.1) is 17.6 Å². The molecular weight excluding hydrogens is 382 g/mol. The SMILES string of the molecule is O=C(O)CN1C(=O)C(=Cc2cnn(Cc3ccccc3Cl)c2)SC1=S. The Balaban J connectivity index is 1.76. The second kappa shape index (κ2) is 7.38. The Hall–Kier alpha value is -2.16. The third-order valence-corrected chi connectivity index (χ3v) is 5.15. The van der Waals surface area contributed by atoms with Crippen molar-refractivity contribution in [3.63, 3.8) is 0 Å². The number of aromatic nitrogens is 2. The maximum Gasteiger partial charge on any atom is 0.323 e. The molecule has 1 aromatic heterocycles. The van der Waals surface area contributed by atoms with E-state index in [1.54, 1.807) is 23.2 Å². The van der Waals surface area contributed by atoms with Gasteiger partial charge in [-0.3, -0.25) is 19.2 Å². The average Bonchev–Trinajstić information content (AvgIpc) is 3.09. The molecule has 2 aromatic rings. The molecule has 1 fully saturated rings. The van der Waals surface area contributed by atoms with Crippen LogP contribution in [0.1, 0.15) is 11.1 Å². The van der Waals surface area contributed by atoms with Crippen molar-refractivity contribution in [3.05, 3.63) is 57.7 Å². The van der Waals surface area contributed by atoms with E-state index in [1.165, 1.54) is 0 Å². The van der Waals surface area contributed by atoms with Crippen molar-refractivity contribution >= 4 is 57.9 Å². The third kappa shape index (κ3) is 4.09. The first-order valence-corrected chi connectivity index (χ1v) is 8.77. The molecule has 1 amide bonds. The molecule has 1 aromatic carbocycles. The Kier molecular flexibility index (Phi) is 5.22. The van der Waals surface area contributed by atoms with Crippen molar-refractivity contribution in [1.29, 1.82) is 0 Å². The van der Waals surface area contributed by atoms with Gasteiger partial charge in [-0.1, -0.05) is 53.8 Å². The Bertz CT molecular complexity index is 894. The number of thioether (sulfide) groups is 1. The molecule has 6 nitrogen and oxygen atoms in total. The number of halogens is 1. The van der Waals surface area contributed by atoms with Crippen molar-refractivity contribution < 1.29 is 14.7 Å². The molecule has 0 radical (unpaired) electrons. The first-order chi connectivity index (χ1) is 11.9. The van der Waals surface area contributed by atoms with Gasteiger partial charge >= 0.3 is 5.97 Å². The van der Waals surface area contributed by atoms with Crippen LogP contribution in [0.3, 0.4) is 0 Å². The first-order valence-electron chi connectivity index (χ1n) is 7.17. The fourth-order valence-corrected chi connectivity index (χ4v) is 3.72. The number of nitrogens with zero attached hydrogens (tertiary/aromatic N) is 3. The summed E-state index contributed by atoms with van der Waals surface area (Å²) in [7, 11) is 0. The van der Waals surface area contributed by atoms with Crippen molar-refractivity contribution in [2.45, 2.75) is 6.54 Å². The highest BCUT2D eigenvalue weighted by molar-refractivity contribution is 8.26. The molecule has 0 bridgehead atoms. The van der Waals surface area contributed by atoms with Crippen LogP contribution >= 0.6 is 35.6 Å². The van der Waals surface area contributed by atoms with Gasteiger partial charge in [0.25, 0.3) is 5.91 Å². The van der Waals surface area contributed by atoms with E-state index in [0.717, 1.165) is 27.8 Å². The molecule has 1 aliphatic rings. The Morgan fingerprint density at radius 1 is 1.40 bits per heavy atom. The standard InChI is InChI=1S/C16H12ClN3O3S2/c17-12-4-2-1-3-11(12)8-19-7-10(6-18-19)5-13-15(23)20(9-14(21)22)16(24)25-13/h1-7H,8-9H2,(H,21,22). The summed E-state index contributed by atoms with van der Waals surface area (Å²) >= 11 is 12.3. The molecule has 3 rings (SSSR count). The van der Waals surface area contributed by atoms with Crippen LogP contribution in [0.25, 0.3) is 6.08 Å². The van der Waals surface area contributed by atoms with E-state index < -0.39 is 18.4 Å². The highest BCUT2D eigenvalue weighted by atomic mass is 35.5. The number of carbonyl (C=O) groups is 2. The summed E-state index contributed by atoms with van der Waals surface area (Å²) < 4.78 is 1.95. The van der Waals surface area contributed by atoms with Gasteiger partial charge in [0, 0.05) is 16.8 Å². The number of carboxylic acids is 1. The second-order valence-corrected chi connectivity index (χ2v) is 7.31. The average molecular weight is 394 g/mol. The summed E-state index contributed by atoms with van der Waals surface area (Å²) in [5, 5.41) is 13.8. The lowest BCUT2D eigenvalue weighted by molar-refractivity contribution is -0.140. The van der Waals surface area contributed by atoms with Crippen LogP contribution in [0, 0.1) is 0 Å². The minimum absolute atomic E-state index is 0.238. The van der Waals surface area contributed by atoms with Crippen molar-refractivity contribution in [1.82, 2.24) is 14.7 Å². The summed E-state index contributed by atoms with van der Waals surface area (Å²) in [6.45, 7) is 0.0707. The van der Waals surface area contributed by atoms with Crippen molar-refractivity contribution in [3.8, 4) is 0 Å². The molecule has 9 heteroatoms. The van der Waals surface area contributed by atoms with E-state index in [9.17, 15) is 9.59 Å². The van der Waals surface area contributed by atoms with Crippen LogP contribution in [0.4, 0.5) is 0 Å². The van der Waals surface area contributed by atoms with Crippen LogP contribution < -0.4 is 0 Å². The quantitative estimate of drug-likeness (QED) is 0.621. The van der Waals surface area contributed by atoms with Crippen LogP contribution in [0.2, 0.25) is 5.02 Å². The molecule has 128 valence electrons. The van der Waals surface area contributed by atoms with E-state index in [-0.39, 0.29) is 4.32 Å². The maximum atomic E-state index is 12.2. The number of aliphatic carboxylic acids is 1.